The number of nitrogens with two attached hydrogens (primary N) is 1. The lowest BCUT2D eigenvalue weighted by molar-refractivity contribution is -0.133. The highest BCUT2D eigenvalue weighted by Crippen LogP contribution is 2.27. The maximum atomic E-state index is 12.9. The molecule has 0 fully saturated rings. The molecule has 31 heavy (non-hydrogen) atoms. The van der Waals surface area contributed by atoms with E-state index in [1.165, 1.54) is 0 Å². The fourth-order valence-electron chi connectivity index (χ4n) is 3.67. The quantitative estimate of drug-likeness (QED) is 0.589. The van der Waals surface area contributed by atoms with Crippen LogP contribution >= 0.6 is 23.2 Å². The first-order valence-electron chi connectivity index (χ1n) is 9.87. The molecule has 0 aromatic heterocycles. The smallest absolute Gasteiger partial charge is 0.255 e. The normalized spacial score (nSPS) is 13.6. The van der Waals surface area contributed by atoms with Gasteiger partial charge in [-0.25, -0.2) is 0 Å². The molecular weight excluding hydrogens is 433 g/mol. The van der Waals surface area contributed by atoms with Crippen LogP contribution in [0.1, 0.15) is 27.0 Å². The summed E-state index contributed by atoms with van der Waals surface area (Å²) in [6, 6.07) is 19.2. The van der Waals surface area contributed by atoms with Crippen LogP contribution in [0.3, 0.4) is 0 Å². The van der Waals surface area contributed by atoms with E-state index in [1.54, 1.807) is 35.2 Å². The summed E-state index contributed by atoms with van der Waals surface area (Å²) in [6.45, 7) is 0.939. The Morgan fingerprint density at radius 2 is 1.71 bits per heavy atom. The lowest BCUT2D eigenvalue weighted by Crippen LogP contribution is -2.42. The molecule has 4 rings (SSSR count). The second-order valence-electron chi connectivity index (χ2n) is 7.54. The topological polar surface area (TPSA) is 75.4 Å². The molecule has 1 atom stereocenters. The number of amides is 2. The summed E-state index contributed by atoms with van der Waals surface area (Å²) in [5, 5.41) is 3.95. The van der Waals surface area contributed by atoms with E-state index < -0.39 is 6.04 Å². The van der Waals surface area contributed by atoms with Crippen LogP contribution in [0.2, 0.25) is 10.0 Å². The third-order valence-corrected chi connectivity index (χ3v) is 5.89. The summed E-state index contributed by atoms with van der Waals surface area (Å²) in [6.07, 6.45) is 0.333. The van der Waals surface area contributed by atoms with Gasteiger partial charge >= 0.3 is 0 Å². The second kappa shape index (κ2) is 9.10. The van der Waals surface area contributed by atoms with Gasteiger partial charge in [-0.15, -0.1) is 0 Å². The van der Waals surface area contributed by atoms with Crippen molar-refractivity contribution in [1.29, 1.82) is 0 Å². The zero-order chi connectivity index (χ0) is 22.0. The van der Waals surface area contributed by atoms with Crippen molar-refractivity contribution in [1.82, 2.24) is 4.90 Å². The van der Waals surface area contributed by atoms with Crippen LogP contribution < -0.4 is 11.1 Å². The Morgan fingerprint density at radius 3 is 2.45 bits per heavy atom. The number of nitrogens with zero attached hydrogens (tertiary/aromatic N) is 1. The van der Waals surface area contributed by atoms with Crippen molar-refractivity contribution in [3.8, 4) is 0 Å². The summed E-state index contributed by atoms with van der Waals surface area (Å²) in [4.78, 5) is 27.0. The molecule has 3 N–H and O–H groups in total. The van der Waals surface area contributed by atoms with Gasteiger partial charge in [-0.05, 0) is 59.5 Å². The molecule has 2 amide bonds. The first-order chi connectivity index (χ1) is 14.9. The fraction of sp³-hybridized carbons (Fsp3) is 0.167. The third kappa shape index (κ3) is 4.90. The van der Waals surface area contributed by atoms with Crippen LogP contribution in [0.4, 0.5) is 5.69 Å². The molecule has 1 aliphatic heterocycles. The number of benzene rings is 3. The van der Waals surface area contributed by atoms with E-state index in [2.05, 4.69) is 5.32 Å². The summed E-state index contributed by atoms with van der Waals surface area (Å²) < 4.78 is 0. The molecule has 5 nitrogen and oxygen atoms in total. The van der Waals surface area contributed by atoms with Crippen molar-refractivity contribution < 1.29 is 9.59 Å². The van der Waals surface area contributed by atoms with Gasteiger partial charge in [0.05, 0.1) is 6.04 Å². The van der Waals surface area contributed by atoms with Gasteiger partial charge in [0.1, 0.15) is 0 Å². The Morgan fingerprint density at radius 1 is 0.968 bits per heavy atom. The highest BCUT2D eigenvalue weighted by Gasteiger charge is 2.28. The molecule has 0 aliphatic carbocycles. The van der Waals surface area contributed by atoms with Gasteiger partial charge in [-0.1, -0.05) is 53.5 Å². The molecular formula is C24H21Cl2N3O2. The third-order valence-electron chi connectivity index (χ3n) is 5.31. The number of carbonyl (C=O) groups is 2. The Bertz CT molecular complexity index is 1130. The summed E-state index contributed by atoms with van der Waals surface area (Å²) >= 11 is 12.1. The van der Waals surface area contributed by atoms with Crippen LogP contribution in [-0.4, -0.2) is 22.8 Å². The largest absolute Gasteiger partial charge is 0.333 e. The Balaban J connectivity index is 1.41. The van der Waals surface area contributed by atoms with Gasteiger partial charge in [0.2, 0.25) is 5.91 Å². The molecule has 0 saturated heterocycles. The average Bonchev–Trinajstić information content (AvgIpc) is 3.19. The van der Waals surface area contributed by atoms with Crippen molar-refractivity contribution >= 4 is 40.7 Å². The summed E-state index contributed by atoms with van der Waals surface area (Å²) in [5.41, 5.74) is 10.3. The molecule has 0 unspecified atom stereocenters. The molecule has 0 bridgehead atoms. The molecule has 7 heteroatoms. The van der Waals surface area contributed by atoms with E-state index in [9.17, 15) is 9.59 Å². The van der Waals surface area contributed by atoms with Crippen molar-refractivity contribution in [2.45, 2.75) is 25.6 Å². The number of nitrogens with one attached hydrogen (secondary N) is 1. The van der Waals surface area contributed by atoms with Gasteiger partial charge in [-0.2, -0.15) is 0 Å². The summed E-state index contributed by atoms with van der Waals surface area (Å²) in [7, 11) is 0. The van der Waals surface area contributed by atoms with Gasteiger partial charge in [0.25, 0.3) is 5.91 Å². The van der Waals surface area contributed by atoms with Crippen molar-refractivity contribution in [2.75, 3.05) is 5.32 Å². The number of halogens is 2. The van der Waals surface area contributed by atoms with Gasteiger partial charge in [0.15, 0.2) is 0 Å². The first kappa shape index (κ1) is 21.4. The Labute approximate surface area is 190 Å². The van der Waals surface area contributed by atoms with Crippen LogP contribution in [0, 0.1) is 0 Å². The molecule has 158 valence electrons. The van der Waals surface area contributed by atoms with Crippen LogP contribution in [0.15, 0.2) is 66.7 Å². The van der Waals surface area contributed by atoms with Crippen molar-refractivity contribution in [3.05, 3.63) is 99.0 Å². The molecule has 1 heterocycles. The Kier molecular flexibility index (Phi) is 6.28. The standard InChI is InChI=1S/C24H21Cl2N3O2/c25-19-8-6-16(21(26)12-19)11-22(27)24(31)29-13-17-7-9-20(10-18(17)14-29)28-23(30)15-4-2-1-3-5-15/h1-10,12,22H,11,13-14,27H2,(H,28,30)/t22-/m1/s1. The van der Waals surface area contributed by atoms with E-state index in [0.717, 1.165) is 16.7 Å². The van der Waals surface area contributed by atoms with E-state index in [-0.39, 0.29) is 11.8 Å². The first-order valence-corrected chi connectivity index (χ1v) is 10.6. The van der Waals surface area contributed by atoms with Gasteiger partial charge < -0.3 is 16.0 Å². The lowest BCUT2D eigenvalue weighted by atomic mass is 10.1. The highest BCUT2D eigenvalue weighted by atomic mass is 35.5. The fourth-order valence-corrected chi connectivity index (χ4v) is 4.15. The summed E-state index contributed by atoms with van der Waals surface area (Å²) in [5.74, 6) is -0.314. The molecule has 1 aliphatic rings. The average molecular weight is 454 g/mol. The Hall–Kier alpha value is -2.86. The van der Waals surface area contributed by atoms with E-state index in [4.69, 9.17) is 28.9 Å². The number of hydrogen-bond donors (Lipinski definition) is 2. The molecule has 3 aromatic rings. The van der Waals surface area contributed by atoms with E-state index >= 15 is 0 Å². The minimum absolute atomic E-state index is 0.142. The monoisotopic (exact) mass is 453 g/mol. The van der Waals surface area contributed by atoms with Crippen LogP contribution in [0.25, 0.3) is 0 Å². The van der Waals surface area contributed by atoms with Gasteiger partial charge in [-0.3, -0.25) is 9.59 Å². The molecule has 3 aromatic carbocycles. The maximum Gasteiger partial charge on any atom is 0.255 e. The minimum Gasteiger partial charge on any atom is -0.333 e. The SMILES string of the molecule is N[C@H](Cc1ccc(Cl)cc1Cl)C(=O)N1Cc2ccc(NC(=O)c3ccccc3)cc2C1. The van der Waals surface area contributed by atoms with Crippen molar-refractivity contribution in [3.63, 3.8) is 0 Å². The zero-order valence-electron chi connectivity index (χ0n) is 16.6. The van der Waals surface area contributed by atoms with E-state index in [1.807, 2.05) is 36.4 Å². The molecule has 0 saturated carbocycles. The van der Waals surface area contributed by atoms with Crippen molar-refractivity contribution in [2.24, 2.45) is 5.73 Å². The van der Waals surface area contributed by atoms with E-state index in [0.29, 0.717) is 40.8 Å². The minimum atomic E-state index is -0.703. The van der Waals surface area contributed by atoms with Crippen LogP contribution in [-0.2, 0) is 24.3 Å². The van der Waals surface area contributed by atoms with Gasteiger partial charge in [0, 0.05) is 34.4 Å². The predicted molar refractivity (Wildman–Crippen MR) is 123 cm³/mol. The number of hydrogen-bond acceptors (Lipinski definition) is 3. The molecule has 0 radical (unpaired) electrons. The second-order valence-corrected chi connectivity index (χ2v) is 8.39. The number of rotatable bonds is 5. The lowest BCUT2D eigenvalue weighted by Gasteiger charge is -2.20. The zero-order valence-corrected chi connectivity index (χ0v) is 18.2. The predicted octanol–water partition coefficient (Wildman–Crippen LogP) is 4.66. The highest BCUT2D eigenvalue weighted by molar-refractivity contribution is 6.35. The number of fused-ring (bicyclic) bond motifs is 1. The molecule has 0 spiro atoms. The van der Waals surface area contributed by atoms with Crippen LogP contribution in [0.5, 0.6) is 0 Å². The maximum absolute atomic E-state index is 12.9. The number of anilines is 1. The number of carbonyl (C=O) groups excluding carboxylic acids is 2.